The fraction of sp³-hybridized carbons (Fsp3) is 0.320. The van der Waals surface area contributed by atoms with Crippen molar-refractivity contribution in [1.82, 2.24) is 0 Å². The van der Waals surface area contributed by atoms with Gasteiger partial charge in [0.15, 0.2) is 0 Å². The molecule has 1 aliphatic rings. The minimum absolute atomic E-state index is 0. The van der Waals surface area contributed by atoms with Gasteiger partial charge in [-0.3, -0.25) is 14.8 Å². The van der Waals surface area contributed by atoms with E-state index in [0.717, 1.165) is 11.1 Å². The van der Waals surface area contributed by atoms with Crippen molar-refractivity contribution in [2.75, 3.05) is 0 Å². The lowest BCUT2D eigenvalue weighted by atomic mass is 10.0. The van der Waals surface area contributed by atoms with Gasteiger partial charge in [-0.05, 0) is 23.7 Å². The third-order valence-corrected chi connectivity index (χ3v) is 4.34. The highest BCUT2D eigenvalue weighted by atomic mass is 16.4. The summed E-state index contributed by atoms with van der Waals surface area (Å²) in [7, 11) is 0. The number of nitrogens with one attached hydrogen (secondary N) is 2. The van der Waals surface area contributed by atoms with Gasteiger partial charge in [-0.15, -0.1) is 0 Å². The van der Waals surface area contributed by atoms with Crippen molar-refractivity contribution in [2.45, 2.75) is 40.5 Å². The number of carbonyl (C=O) groups excluding carboxylic acids is 2. The van der Waals surface area contributed by atoms with Crippen LogP contribution in [0.5, 0.6) is 0 Å². The Hall–Kier alpha value is -3.69. The Morgan fingerprint density at radius 3 is 2.06 bits per heavy atom. The smallest absolute Gasteiger partial charge is 0.260 e. The zero-order valence-corrected chi connectivity index (χ0v) is 20.2. The number of ketones is 1. The van der Waals surface area contributed by atoms with E-state index < -0.39 is 0 Å². The van der Waals surface area contributed by atoms with Crippen molar-refractivity contribution in [3.05, 3.63) is 77.3 Å². The molecule has 0 aliphatic heterocycles. The monoisotopic (exact) mass is 475 g/mol. The van der Waals surface area contributed by atoms with Gasteiger partial charge >= 0.3 is 0 Å². The van der Waals surface area contributed by atoms with Crippen LogP contribution < -0.4 is 16.1 Å². The number of rotatable bonds is 7. The zero-order valence-electron chi connectivity index (χ0n) is 20.2. The summed E-state index contributed by atoms with van der Waals surface area (Å²) in [6.07, 6.45) is 12.3. The van der Waals surface area contributed by atoms with Gasteiger partial charge in [0, 0.05) is 51.6 Å². The fourth-order valence-corrected chi connectivity index (χ4v) is 2.20. The van der Waals surface area contributed by atoms with Crippen LogP contribution >= 0.6 is 0 Å². The highest BCUT2D eigenvalue weighted by Gasteiger charge is 2.11. The molecule has 0 unspecified atom stereocenters. The Balaban J connectivity index is -0.000000460. The van der Waals surface area contributed by atoms with E-state index in [1.165, 1.54) is 0 Å². The lowest BCUT2D eigenvalue weighted by molar-refractivity contribution is -0.736. The van der Waals surface area contributed by atoms with Crippen molar-refractivity contribution in [3.63, 3.8) is 0 Å². The number of nitrogens with two attached hydrogens (primary N) is 1. The molecule has 0 radical (unpaired) electrons. The summed E-state index contributed by atoms with van der Waals surface area (Å²) >= 11 is 0. The average molecular weight is 476 g/mol. The summed E-state index contributed by atoms with van der Waals surface area (Å²) in [6, 6.07) is 7.20. The molecule has 9 nitrogen and oxygen atoms in total. The van der Waals surface area contributed by atoms with Crippen LogP contribution in [-0.4, -0.2) is 33.6 Å². The van der Waals surface area contributed by atoms with Crippen molar-refractivity contribution >= 4 is 29.2 Å². The Kier molecular flexibility index (Phi) is 20.5. The number of primary amides is 1. The molecule has 2 rings (SSSR count). The standard InChI is InChI=1S/C13H17NO2.C8H7NO.C4H9NO.2H2O/c1-10(2)13(15)9-5-7-11-6-3-4-8-12(11)14-16;1-2-7-5-3-4-6-8(7)9-10;1-3(2)4(5)6;;/h3-4,6-8,10,16H,5,9H2,1-2H3;2-6H,1H2;3H,1-2H3,(H2,5,6);2*1H2/b11-7+,14-12?;;;;. The molecule has 1 aromatic carbocycles. The molecule has 0 aromatic heterocycles. The second kappa shape index (κ2) is 20.0. The number of hydrogen-bond donors (Lipinski definition) is 4. The van der Waals surface area contributed by atoms with E-state index >= 15 is 0 Å². The average Bonchev–Trinajstić information content (AvgIpc) is 2.79. The molecule has 1 amide bonds. The molecule has 7 N–H and O–H groups in total. The minimum Gasteiger partial charge on any atom is -0.870 e. The lowest BCUT2D eigenvalue weighted by Gasteiger charge is -2.02. The number of benzene rings is 1. The summed E-state index contributed by atoms with van der Waals surface area (Å²) in [6.45, 7) is 10.9. The van der Waals surface area contributed by atoms with Crippen LogP contribution in [0.4, 0.5) is 5.69 Å². The molecule has 0 saturated carbocycles. The number of carbonyl (C=O) groups is 2. The summed E-state index contributed by atoms with van der Waals surface area (Å²) in [4.78, 5) is 31.5. The second-order valence-electron chi connectivity index (χ2n) is 7.51. The normalized spacial score (nSPS) is 13.6. The van der Waals surface area contributed by atoms with Crippen molar-refractivity contribution in [2.24, 2.45) is 17.6 Å². The molecule has 0 heterocycles. The van der Waals surface area contributed by atoms with E-state index in [2.05, 4.69) is 11.7 Å². The quantitative estimate of drug-likeness (QED) is 0.342. The highest BCUT2D eigenvalue weighted by molar-refractivity contribution is 6.07. The Bertz CT molecular complexity index is 873. The van der Waals surface area contributed by atoms with E-state index in [1.807, 2.05) is 55.5 Å². The molecule has 1 aliphatic carbocycles. The molecule has 0 saturated heterocycles. The van der Waals surface area contributed by atoms with E-state index in [-0.39, 0.29) is 34.5 Å². The van der Waals surface area contributed by atoms with Gasteiger partial charge in [-0.2, -0.15) is 0 Å². The maximum Gasteiger partial charge on any atom is 0.260 e. The number of amides is 1. The molecular formula is C25H37N3O6. The second-order valence-corrected chi connectivity index (χ2v) is 7.51. The van der Waals surface area contributed by atoms with Crippen LogP contribution in [0.15, 0.2) is 66.8 Å². The van der Waals surface area contributed by atoms with Crippen LogP contribution in [0.2, 0.25) is 0 Å². The summed E-state index contributed by atoms with van der Waals surface area (Å²) in [5, 5.41) is 12.8. The number of nitroso groups, excluding NO2 is 1. The first kappa shape index (κ1) is 34.9. The van der Waals surface area contributed by atoms with Crippen LogP contribution in [0.1, 0.15) is 46.1 Å². The van der Waals surface area contributed by atoms with E-state index in [4.69, 9.17) is 10.9 Å². The van der Waals surface area contributed by atoms with Crippen molar-refractivity contribution in [1.29, 1.82) is 0 Å². The molecule has 1 aromatic rings. The van der Waals surface area contributed by atoms with Gasteiger partial charge in [0.25, 0.3) is 11.4 Å². The minimum atomic E-state index is -0.241. The molecule has 9 heteroatoms. The predicted octanol–water partition coefficient (Wildman–Crippen LogP) is 1.54. The first-order valence-electron chi connectivity index (χ1n) is 10.4. The van der Waals surface area contributed by atoms with Crippen molar-refractivity contribution < 1.29 is 36.1 Å². The van der Waals surface area contributed by atoms with Gasteiger partial charge in [0.05, 0.1) is 0 Å². The molecule has 0 bridgehead atoms. The molecule has 0 spiro atoms. The van der Waals surface area contributed by atoms with Gasteiger partial charge in [0.1, 0.15) is 5.78 Å². The van der Waals surface area contributed by atoms with E-state index in [1.54, 1.807) is 38.1 Å². The SMILES string of the molecule is C=Cc1ccccc1[NH+]=O.CC(C)C(=O)CC/C=C1\C=CC=CC1=[NH+]O.CC(C)C(N)=O.[OH-].[OH-]. The van der Waals surface area contributed by atoms with Crippen molar-refractivity contribution in [3.8, 4) is 0 Å². The van der Waals surface area contributed by atoms with Crippen LogP contribution in [0.3, 0.4) is 0 Å². The third kappa shape index (κ3) is 14.4. The molecule has 188 valence electrons. The fourth-order valence-electron chi connectivity index (χ4n) is 2.20. The lowest BCUT2D eigenvalue weighted by Crippen LogP contribution is -2.68. The van der Waals surface area contributed by atoms with Crippen LogP contribution in [0, 0.1) is 16.7 Å². The zero-order chi connectivity index (χ0) is 24.5. The summed E-state index contributed by atoms with van der Waals surface area (Å²) in [5.74, 6) is 0.116. The van der Waals surface area contributed by atoms with E-state index in [9.17, 15) is 14.5 Å². The van der Waals surface area contributed by atoms with Gasteiger partial charge in [-0.25, -0.2) is 0 Å². The molecule has 34 heavy (non-hydrogen) atoms. The number of hydrogen-bond acceptors (Lipinski definition) is 6. The third-order valence-electron chi connectivity index (χ3n) is 4.34. The van der Waals surface area contributed by atoms with Crippen LogP contribution in [0.25, 0.3) is 6.08 Å². The van der Waals surface area contributed by atoms with Gasteiger partial charge in [-0.1, -0.05) is 70.7 Å². The van der Waals surface area contributed by atoms with Gasteiger partial charge in [0.2, 0.25) is 5.91 Å². The first-order chi connectivity index (χ1) is 15.2. The molecule has 0 atom stereocenters. The summed E-state index contributed by atoms with van der Waals surface area (Å²) in [5.41, 5.74) is 7.78. The molecule has 0 fully saturated rings. The predicted molar refractivity (Wildman–Crippen MR) is 132 cm³/mol. The van der Waals surface area contributed by atoms with Gasteiger partial charge < -0.3 is 16.7 Å². The Morgan fingerprint density at radius 1 is 1.06 bits per heavy atom. The summed E-state index contributed by atoms with van der Waals surface area (Å²) < 4.78 is 0. The number of Topliss-reactive ketones (excluding diaryl/α,β-unsaturated/α-hetero) is 1. The molecular weight excluding hydrogens is 438 g/mol. The topological polar surface area (TPSA) is 185 Å². The maximum absolute atomic E-state index is 11.4. The number of allylic oxidation sites excluding steroid dienone is 6. The van der Waals surface area contributed by atoms with E-state index in [0.29, 0.717) is 24.2 Å². The highest BCUT2D eigenvalue weighted by Crippen LogP contribution is 2.10. The maximum atomic E-state index is 11.4. The number of para-hydroxylation sites is 1. The van der Waals surface area contributed by atoms with Crippen LogP contribution in [-0.2, 0) is 9.59 Å². The first-order valence-corrected chi connectivity index (χ1v) is 10.4. The largest absolute Gasteiger partial charge is 0.870 e. The Morgan fingerprint density at radius 2 is 1.62 bits per heavy atom. The Labute approximate surface area is 201 Å².